The van der Waals surface area contributed by atoms with Crippen LogP contribution in [-0.4, -0.2) is 73.1 Å². The molecule has 0 radical (unpaired) electrons. The van der Waals surface area contributed by atoms with E-state index in [1.807, 2.05) is 0 Å². The van der Waals surface area contributed by atoms with E-state index in [1.165, 1.54) is 0 Å². The molecule has 0 spiro atoms. The summed E-state index contributed by atoms with van der Waals surface area (Å²) in [7, 11) is 0. The first-order chi connectivity index (χ1) is 5.54. The summed E-state index contributed by atoms with van der Waals surface area (Å²) in [6.07, 6.45) is 0. The Balaban J connectivity index is -0.0000000491. The molecule has 13 heavy (non-hydrogen) atoms. The van der Waals surface area contributed by atoms with Gasteiger partial charge in [0.05, 0.1) is 25.2 Å². The Hall–Kier alpha value is -0.140. The van der Waals surface area contributed by atoms with Crippen molar-refractivity contribution >= 4 is 49.7 Å². The van der Waals surface area contributed by atoms with Crippen LogP contribution in [0.25, 0.3) is 0 Å². The largest absolute Gasteiger partial charge is 2.00 e. The molecule has 6 nitrogen and oxygen atoms in total. The van der Waals surface area contributed by atoms with Crippen molar-refractivity contribution in [3.63, 3.8) is 0 Å². The van der Waals surface area contributed by atoms with Crippen LogP contribution in [0, 0.1) is 0 Å². The maximum absolute atomic E-state index is 9.01. The maximum Gasteiger partial charge on any atom is 2.00 e. The minimum atomic E-state index is -1.44. The maximum atomic E-state index is 9.01. The predicted octanol–water partition coefficient (Wildman–Crippen LogP) is -4.12. The van der Waals surface area contributed by atoms with Crippen LogP contribution in [0.4, 0.5) is 0 Å². The molecule has 0 unspecified atom stereocenters. The van der Waals surface area contributed by atoms with E-state index in [0.717, 1.165) is 0 Å². The van der Waals surface area contributed by atoms with Gasteiger partial charge in [0.2, 0.25) is 0 Å². The smallest absolute Gasteiger partial charge is 0.548 e. The standard InChI is InChI=1S/2C2H4O3.C2H4.Ca/c2*3-1-2(4)5;1-2;/h2*3H,1H2,(H,4,5);1-2H2;/q;;;+2/p-2. The van der Waals surface area contributed by atoms with E-state index in [-0.39, 0.29) is 37.7 Å². The predicted molar refractivity (Wildman–Crippen MR) is 41.2 cm³/mol. The zero-order valence-electron chi connectivity index (χ0n) is 7.06. The van der Waals surface area contributed by atoms with Gasteiger partial charge in [0.15, 0.2) is 0 Å². The van der Waals surface area contributed by atoms with Crippen LogP contribution in [0.15, 0.2) is 13.2 Å². The van der Waals surface area contributed by atoms with Crippen molar-refractivity contribution in [3.05, 3.63) is 13.2 Å². The van der Waals surface area contributed by atoms with E-state index in [9.17, 15) is 0 Å². The van der Waals surface area contributed by atoms with Crippen LogP contribution >= 0.6 is 0 Å². The van der Waals surface area contributed by atoms with E-state index in [0.29, 0.717) is 0 Å². The molecule has 0 aliphatic rings. The second-order valence-electron chi connectivity index (χ2n) is 1.06. The van der Waals surface area contributed by atoms with Gasteiger partial charge in [-0.25, -0.2) is 0 Å². The molecule has 7 heteroatoms. The van der Waals surface area contributed by atoms with E-state index < -0.39 is 25.2 Å². The number of aliphatic hydroxyl groups excluding tert-OH is 2. The van der Waals surface area contributed by atoms with Crippen LogP contribution in [-0.2, 0) is 9.59 Å². The van der Waals surface area contributed by atoms with Gasteiger partial charge >= 0.3 is 37.7 Å². The third-order valence-electron chi connectivity index (χ3n) is 0.258. The summed E-state index contributed by atoms with van der Waals surface area (Å²) >= 11 is 0. The van der Waals surface area contributed by atoms with E-state index in [4.69, 9.17) is 30.0 Å². The average Bonchev–Trinajstić information content (AvgIpc) is 2.09. The zero-order valence-corrected chi connectivity index (χ0v) is 9.27. The second-order valence-corrected chi connectivity index (χ2v) is 1.06. The number of hydrogen-bond acceptors (Lipinski definition) is 6. The summed E-state index contributed by atoms with van der Waals surface area (Å²) in [5.41, 5.74) is 0. The SMILES string of the molecule is C=C.O=C([O-])CO.O=C([O-])CO.[Ca+2]. The fourth-order valence-corrected chi connectivity index (χ4v) is 0. The Morgan fingerprint density at radius 2 is 1.08 bits per heavy atom. The number of carboxylic acid groups (broad SMARTS) is 2. The van der Waals surface area contributed by atoms with Gasteiger partial charge in [0.25, 0.3) is 0 Å². The molecule has 0 rings (SSSR count). The second kappa shape index (κ2) is 22.6. The zero-order chi connectivity index (χ0) is 10.6. The third kappa shape index (κ3) is 77.4. The van der Waals surface area contributed by atoms with Gasteiger partial charge in [0, 0.05) is 0 Å². The van der Waals surface area contributed by atoms with Gasteiger partial charge in [-0.05, 0) is 0 Å². The first-order valence-electron chi connectivity index (χ1n) is 2.66. The summed E-state index contributed by atoms with van der Waals surface area (Å²) in [5, 5.41) is 33.0. The molecular weight excluding hydrogens is 208 g/mol. The summed E-state index contributed by atoms with van der Waals surface area (Å²) in [6.45, 7) is 4.22. The summed E-state index contributed by atoms with van der Waals surface area (Å²) < 4.78 is 0. The van der Waals surface area contributed by atoms with Crippen molar-refractivity contribution in [2.45, 2.75) is 0 Å². The average molecular weight is 218 g/mol. The summed E-state index contributed by atoms with van der Waals surface area (Å²) in [4.78, 5) is 18.0. The van der Waals surface area contributed by atoms with Crippen molar-refractivity contribution in [2.24, 2.45) is 0 Å². The topological polar surface area (TPSA) is 121 Å². The molecule has 0 atom stereocenters. The number of carbonyl (C=O) groups is 2. The number of carboxylic acids is 2. The van der Waals surface area contributed by atoms with Gasteiger partial charge in [0.1, 0.15) is 0 Å². The monoisotopic (exact) mass is 218 g/mol. The van der Waals surface area contributed by atoms with Crippen LogP contribution < -0.4 is 10.2 Å². The van der Waals surface area contributed by atoms with Crippen molar-refractivity contribution in [2.75, 3.05) is 13.2 Å². The fraction of sp³-hybridized carbons (Fsp3) is 0.333. The molecule has 0 fully saturated rings. The first-order valence-corrected chi connectivity index (χ1v) is 2.66. The molecule has 0 aromatic rings. The molecule has 0 saturated heterocycles. The molecule has 0 heterocycles. The Kier molecular flexibility index (Phi) is 40.1. The Bertz CT molecular complexity index is 112. The van der Waals surface area contributed by atoms with Gasteiger partial charge in [-0.3, -0.25) is 0 Å². The van der Waals surface area contributed by atoms with Gasteiger partial charge < -0.3 is 30.0 Å². The molecule has 0 aliphatic heterocycles. The molecule has 2 N–H and O–H groups in total. The van der Waals surface area contributed by atoms with Gasteiger partial charge in [-0.15, -0.1) is 13.2 Å². The van der Waals surface area contributed by atoms with E-state index in [2.05, 4.69) is 13.2 Å². The Morgan fingerprint density at radius 1 is 1.00 bits per heavy atom. The Morgan fingerprint density at radius 3 is 1.08 bits per heavy atom. The quantitative estimate of drug-likeness (QED) is 0.359. The summed E-state index contributed by atoms with van der Waals surface area (Å²) in [5.74, 6) is -2.88. The molecule has 0 saturated carbocycles. The third-order valence-corrected chi connectivity index (χ3v) is 0.258. The first kappa shape index (κ1) is 23.0. The van der Waals surface area contributed by atoms with Crippen LogP contribution in [0.1, 0.15) is 0 Å². The minimum Gasteiger partial charge on any atom is -0.548 e. The normalized spacial score (nSPS) is 6.00. The molecule has 0 aliphatic carbocycles. The number of aliphatic carboxylic acids is 2. The summed E-state index contributed by atoms with van der Waals surface area (Å²) in [6, 6.07) is 0. The molecule has 0 bridgehead atoms. The molecule has 0 aromatic carbocycles. The van der Waals surface area contributed by atoms with Crippen LogP contribution in [0.2, 0.25) is 0 Å². The van der Waals surface area contributed by atoms with Gasteiger partial charge in [-0.2, -0.15) is 0 Å². The minimum absolute atomic E-state index is 0. The molecule has 0 aromatic heterocycles. The number of hydrogen-bond donors (Lipinski definition) is 2. The molecule has 0 amide bonds. The Labute approximate surface area is 106 Å². The van der Waals surface area contributed by atoms with Gasteiger partial charge in [-0.1, -0.05) is 0 Å². The number of carbonyl (C=O) groups excluding carboxylic acids is 2. The van der Waals surface area contributed by atoms with E-state index in [1.54, 1.807) is 0 Å². The molecule has 72 valence electrons. The van der Waals surface area contributed by atoms with Crippen molar-refractivity contribution < 1.29 is 30.0 Å². The van der Waals surface area contributed by atoms with Crippen LogP contribution in [0.3, 0.4) is 0 Å². The number of aliphatic hydroxyl groups is 2. The number of rotatable bonds is 2. The van der Waals surface area contributed by atoms with Crippen LogP contribution in [0.5, 0.6) is 0 Å². The van der Waals surface area contributed by atoms with E-state index >= 15 is 0 Å². The molecular formula is C6H10CaO6. The van der Waals surface area contributed by atoms with Crippen molar-refractivity contribution in [1.82, 2.24) is 0 Å². The van der Waals surface area contributed by atoms with Crippen molar-refractivity contribution in [3.8, 4) is 0 Å². The fourth-order valence-electron chi connectivity index (χ4n) is 0. The van der Waals surface area contributed by atoms with Crippen molar-refractivity contribution in [1.29, 1.82) is 0 Å².